The fourth-order valence-electron chi connectivity index (χ4n) is 2.85. The minimum absolute atomic E-state index is 0.314. The van der Waals surface area contributed by atoms with Crippen LogP contribution in [0.2, 0.25) is 0 Å². The van der Waals surface area contributed by atoms with Crippen LogP contribution in [0.25, 0.3) is 0 Å². The summed E-state index contributed by atoms with van der Waals surface area (Å²) in [6.45, 7) is 2.10. The molecule has 3 rings (SSSR count). The summed E-state index contributed by atoms with van der Waals surface area (Å²) in [6, 6.07) is 15.0. The fourth-order valence-corrected chi connectivity index (χ4v) is 2.85. The summed E-state index contributed by atoms with van der Waals surface area (Å²) in [6.07, 6.45) is 1.77. The van der Waals surface area contributed by atoms with Crippen molar-refractivity contribution in [3.05, 3.63) is 65.9 Å². The molecule has 6 heteroatoms. The van der Waals surface area contributed by atoms with Gasteiger partial charge in [-0.15, -0.1) is 0 Å². The summed E-state index contributed by atoms with van der Waals surface area (Å²) < 4.78 is 10.7. The van der Waals surface area contributed by atoms with Crippen molar-refractivity contribution in [3.63, 3.8) is 0 Å². The number of anilines is 2. The van der Waals surface area contributed by atoms with E-state index >= 15 is 0 Å². The summed E-state index contributed by atoms with van der Waals surface area (Å²) in [5.74, 6) is 0.0622. The molecule has 1 heterocycles. The highest BCUT2D eigenvalue weighted by atomic mass is 16.6. The number of para-hydroxylation sites is 3. The molecule has 1 amide bonds. The zero-order valence-corrected chi connectivity index (χ0v) is 15.6. The summed E-state index contributed by atoms with van der Waals surface area (Å²) in [5.41, 5.74) is 3.14. The number of hydrogen-bond acceptors (Lipinski definition) is 5. The summed E-state index contributed by atoms with van der Waals surface area (Å²) in [7, 11) is 3.25. The maximum absolute atomic E-state index is 12.3. The Labute approximate surface area is 158 Å². The molecule has 0 atom stereocenters. The number of hydrogen-bond donors (Lipinski definition) is 0. The quantitative estimate of drug-likeness (QED) is 0.769. The van der Waals surface area contributed by atoms with Crippen molar-refractivity contribution < 1.29 is 19.1 Å². The van der Waals surface area contributed by atoms with Crippen LogP contribution in [0.5, 0.6) is 5.75 Å². The number of amides is 1. The zero-order chi connectivity index (χ0) is 19.4. The van der Waals surface area contributed by atoms with Crippen molar-refractivity contribution in [2.24, 2.45) is 0 Å². The van der Waals surface area contributed by atoms with Gasteiger partial charge in [-0.1, -0.05) is 30.3 Å². The second-order valence-electron chi connectivity index (χ2n) is 6.28. The molecule has 0 fully saturated rings. The Morgan fingerprint density at radius 1 is 1.04 bits per heavy atom. The smallest absolute Gasteiger partial charge is 0.414 e. The van der Waals surface area contributed by atoms with Crippen LogP contribution in [0.15, 0.2) is 60.3 Å². The molecule has 0 N–H and O–H groups in total. The molecule has 0 aliphatic carbocycles. The molecule has 0 bridgehead atoms. The van der Waals surface area contributed by atoms with Crippen molar-refractivity contribution in [1.82, 2.24) is 4.90 Å². The first-order valence-electron chi connectivity index (χ1n) is 8.74. The van der Waals surface area contributed by atoms with Crippen molar-refractivity contribution in [2.45, 2.75) is 13.3 Å². The average Bonchev–Trinajstić information content (AvgIpc) is 2.67. The number of fused-ring (bicyclic) bond motifs is 1. The fraction of sp³-hybridized carbons (Fsp3) is 0.238. The van der Waals surface area contributed by atoms with Crippen molar-refractivity contribution in [1.29, 1.82) is 0 Å². The van der Waals surface area contributed by atoms with Gasteiger partial charge in [0.2, 0.25) is 0 Å². The lowest BCUT2D eigenvalue weighted by Crippen LogP contribution is -2.27. The van der Waals surface area contributed by atoms with Crippen molar-refractivity contribution in [3.8, 4) is 5.75 Å². The van der Waals surface area contributed by atoms with Gasteiger partial charge in [0.1, 0.15) is 0 Å². The number of benzene rings is 2. The first-order valence-corrected chi connectivity index (χ1v) is 8.74. The number of esters is 1. The standard InChI is InChI=1S/C21H22N2O4/c1-4-26-20(24)16-13-15-9-5-6-10-17(15)23(14-16)18-11-7-8-12-19(18)27-21(25)22(2)3/h5-12,14H,4,13H2,1-3H3. The Kier molecular flexibility index (Phi) is 5.45. The normalized spacial score (nSPS) is 12.7. The van der Waals surface area contributed by atoms with Crippen LogP contribution in [0.3, 0.4) is 0 Å². The van der Waals surface area contributed by atoms with E-state index in [4.69, 9.17) is 9.47 Å². The minimum atomic E-state index is -0.470. The van der Waals surface area contributed by atoms with Gasteiger partial charge in [-0.2, -0.15) is 0 Å². The summed E-state index contributed by atoms with van der Waals surface area (Å²) in [4.78, 5) is 27.6. The van der Waals surface area contributed by atoms with Gasteiger partial charge in [0, 0.05) is 32.4 Å². The van der Waals surface area contributed by atoms with Crippen LogP contribution in [0.4, 0.5) is 16.2 Å². The third kappa shape index (κ3) is 3.95. The Balaban J connectivity index is 2.06. The zero-order valence-electron chi connectivity index (χ0n) is 15.6. The molecule has 2 aromatic carbocycles. The molecule has 0 radical (unpaired) electrons. The van der Waals surface area contributed by atoms with Gasteiger partial charge in [-0.25, -0.2) is 9.59 Å². The van der Waals surface area contributed by atoms with Gasteiger partial charge in [-0.3, -0.25) is 0 Å². The Morgan fingerprint density at radius 2 is 1.70 bits per heavy atom. The van der Waals surface area contributed by atoms with Gasteiger partial charge in [0.05, 0.1) is 17.9 Å². The number of carbonyl (C=O) groups excluding carboxylic acids is 2. The summed E-state index contributed by atoms with van der Waals surface area (Å²) in [5, 5.41) is 0. The maximum atomic E-state index is 12.3. The van der Waals surface area contributed by atoms with Crippen LogP contribution in [0.1, 0.15) is 12.5 Å². The molecule has 0 aromatic heterocycles. The molecule has 1 aliphatic heterocycles. The third-order valence-corrected chi connectivity index (χ3v) is 4.14. The number of ether oxygens (including phenoxy) is 2. The highest BCUT2D eigenvalue weighted by Crippen LogP contribution is 2.39. The largest absolute Gasteiger partial charge is 0.463 e. The van der Waals surface area contributed by atoms with Crippen molar-refractivity contribution in [2.75, 3.05) is 25.6 Å². The lowest BCUT2D eigenvalue weighted by Gasteiger charge is -2.30. The predicted octanol–water partition coefficient (Wildman–Crippen LogP) is 3.89. The van der Waals surface area contributed by atoms with Crippen LogP contribution >= 0.6 is 0 Å². The minimum Gasteiger partial charge on any atom is -0.463 e. The van der Waals surface area contributed by atoms with Gasteiger partial charge < -0.3 is 19.3 Å². The van der Waals surface area contributed by atoms with E-state index in [0.29, 0.717) is 30.0 Å². The first kappa shape index (κ1) is 18.5. The van der Waals surface area contributed by atoms with Crippen LogP contribution in [-0.4, -0.2) is 37.7 Å². The third-order valence-electron chi connectivity index (χ3n) is 4.14. The molecule has 140 valence electrons. The molecule has 1 aliphatic rings. The lowest BCUT2D eigenvalue weighted by molar-refractivity contribution is -0.138. The Morgan fingerprint density at radius 3 is 2.41 bits per heavy atom. The highest BCUT2D eigenvalue weighted by molar-refractivity contribution is 5.92. The maximum Gasteiger partial charge on any atom is 0.414 e. The van der Waals surface area contributed by atoms with Gasteiger partial charge in [0.15, 0.2) is 5.75 Å². The molecule has 0 unspecified atom stereocenters. The molecular formula is C21H22N2O4. The second kappa shape index (κ2) is 7.95. The Hall–Kier alpha value is -3.28. The number of rotatable bonds is 4. The van der Waals surface area contributed by atoms with E-state index in [-0.39, 0.29) is 5.97 Å². The van der Waals surface area contributed by atoms with E-state index in [2.05, 4.69) is 0 Å². The van der Waals surface area contributed by atoms with E-state index in [0.717, 1.165) is 11.3 Å². The SMILES string of the molecule is CCOC(=O)C1=CN(c2ccccc2OC(=O)N(C)C)c2ccccc2C1. The van der Waals surface area contributed by atoms with Gasteiger partial charge >= 0.3 is 12.1 Å². The molecule has 27 heavy (non-hydrogen) atoms. The molecule has 0 saturated heterocycles. The van der Waals surface area contributed by atoms with Gasteiger partial charge in [-0.05, 0) is 30.7 Å². The highest BCUT2D eigenvalue weighted by Gasteiger charge is 2.25. The van der Waals surface area contributed by atoms with E-state index in [1.54, 1.807) is 39.4 Å². The van der Waals surface area contributed by atoms with E-state index in [1.807, 2.05) is 41.3 Å². The summed E-state index contributed by atoms with van der Waals surface area (Å²) >= 11 is 0. The lowest BCUT2D eigenvalue weighted by atomic mass is 9.99. The van der Waals surface area contributed by atoms with Crippen LogP contribution in [-0.2, 0) is 16.0 Å². The topological polar surface area (TPSA) is 59.1 Å². The molecule has 0 saturated carbocycles. The second-order valence-corrected chi connectivity index (χ2v) is 6.28. The molecule has 2 aromatic rings. The first-order chi connectivity index (χ1) is 13.0. The van der Waals surface area contributed by atoms with E-state index in [1.165, 1.54) is 4.90 Å². The van der Waals surface area contributed by atoms with Crippen LogP contribution < -0.4 is 9.64 Å². The monoisotopic (exact) mass is 366 g/mol. The van der Waals surface area contributed by atoms with Crippen molar-refractivity contribution >= 4 is 23.4 Å². The predicted molar refractivity (Wildman–Crippen MR) is 103 cm³/mol. The van der Waals surface area contributed by atoms with E-state index in [9.17, 15) is 9.59 Å². The van der Waals surface area contributed by atoms with E-state index < -0.39 is 6.09 Å². The molecule has 6 nitrogen and oxygen atoms in total. The van der Waals surface area contributed by atoms with Gasteiger partial charge in [0.25, 0.3) is 0 Å². The van der Waals surface area contributed by atoms with Crippen LogP contribution in [0, 0.1) is 0 Å². The molecular weight excluding hydrogens is 344 g/mol. The molecule has 0 spiro atoms. The number of carbonyl (C=O) groups is 2. The number of nitrogens with zero attached hydrogens (tertiary/aromatic N) is 2. The Bertz CT molecular complexity index is 889. The average molecular weight is 366 g/mol.